The van der Waals surface area contributed by atoms with Gasteiger partial charge in [0.15, 0.2) is 6.29 Å². The second-order valence-electron chi connectivity index (χ2n) is 4.89. The molecule has 0 spiro atoms. The summed E-state index contributed by atoms with van der Waals surface area (Å²) in [4.78, 5) is 22.4. The maximum Gasteiger partial charge on any atom is 0.221 e. The predicted molar refractivity (Wildman–Crippen MR) is 91.7 cm³/mol. The smallest absolute Gasteiger partial charge is 0.221 e. The molecule has 5 heteroatoms. The number of hydrogen-bond acceptors (Lipinski definition) is 4. The summed E-state index contributed by atoms with van der Waals surface area (Å²) in [5.74, 6) is 6.73. The molecule has 0 saturated carbocycles. The third-order valence-electron chi connectivity index (χ3n) is 3.25. The first kappa shape index (κ1) is 17.1. The second-order valence-corrected chi connectivity index (χ2v) is 4.89. The van der Waals surface area contributed by atoms with Crippen LogP contribution in [0.15, 0.2) is 36.4 Å². The first-order valence-electron chi connectivity index (χ1n) is 7.19. The Balaban J connectivity index is 2.48. The maximum atomic E-state index is 11.3. The molecule has 0 radical (unpaired) electrons. The zero-order chi connectivity index (χ0) is 17.5. The number of amides is 1. The molecule has 0 aliphatic rings. The summed E-state index contributed by atoms with van der Waals surface area (Å²) in [6.07, 6.45) is 0.703. The summed E-state index contributed by atoms with van der Waals surface area (Å²) in [5.41, 5.74) is 2.23. The molecule has 0 heterocycles. The minimum Gasteiger partial charge on any atom is -0.496 e. The zero-order valence-corrected chi connectivity index (χ0v) is 13.7. The number of hydrogen-bond donors (Lipinski definition) is 1. The number of nitrogens with one attached hydrogen (secondary N) is 1. The Bertz CT molecular complexity index is 831. The lowest BCUT2D eigenvalue weighted by Gasteiger charge is -2.09. The number of rotatable bonds is 4. The number of aldehydes is 1. The van der Waals surface area contributed by atoms with E-state index in [-0.39, 0.29) is 5.91 Å². The Hall–Kier alpha value is -3.26. The largest absolute Gasteiger partial charge is 0.496 e. The molecule has 0 saturated heterocycles. The zero-order valence-electron chi connectivity index (χ0n) is 13.7. The van der Waals surface area contributed by atoms with E-state index < -0.39 is 0 Å². The fourth-order valence-electron chi connectivity index (χ4n) is 2.14. The number of carbonyl (C=O) groups is 2. The summed E-state index contributed by atoms with van der Waals surface area (Å²) >= 11 is 0. The molecule has 24 heavy (non-hydrogen) atoms. The Morgan fingerprint density at radius 3 is 2.33 bits per heavy atom. The summed E-state index contributed by atoms with van der Waals surface area (Å²) in [6.45, 7) is 1.44. The van der Waals surface area contributed by atoms with Crippen LogP contribution in [0.3, 0.4) is 0 Å². The lowest BCUT2D eigenvalue weighted by molar-refractivity contribution is -0.114. The van der Waals surface area contributed by atoms with Crippen LogP contribution in [0.5, 0.6) is 11.5 Å². The fraction of sp³-hybridized carbons (Fsp3) is 0.158. The van der Waals surface area contributed by atoms with E-state index in [0.717, 1.165) is 0 Å². The SMILES string of the molecule is COc1cc(OC)c(C=O)cc1C#Cc1ccccc1NC(C)=O. The van der Waals surface area contributed by atoms with Gasteiger partial charge in [0.2, 0.25) is 5.91 Å². The van der Waals surface area contributed by atoms with Crippen molar-refractivity contribution in [1.82, 2.24) is 0 Å². The van der Waals surface area contributed by atoms with Crippen molar-refractivity contribution >= 4 is 17.9 Å². The van der Waals surface area contributed by atoms with Gasteiger partial charge in [0, 0.05) is 18.6 Å². The van der Waals surface area contributed by atoms with Crippen LogP contribution in [-0.4, -0.2) is 26.4 Å². The maximum absolute atomic E-state index is 11.3. The molecule has 0 aromatic heterocycles. The van der Waals surface area contributed by atoms with Crippen LogP contribution >= 0.6 is 0 Å². The molecule has 0 aliphatic carbocycles. The number of methoxy groups -OCH3 is 2. The standard InChI is InChI=1S/C19H17NO4/c1-13(22)20-17-7-5-4-6-14(17)8-9-15-10-16(12-21)19(24-3)11-18(15)23-2/h4-7,10-12H,1-3H3,(H,20,22). The third kappa shape index (κ3) is 3.93. The van der Waals surface area contributed by atoms with Gasteiger partial charge in [-0.15, -0.1) is 0 Å². The summed E-state index contributed by atoms with van der Waals surface area (Å²) in [5, 5.41) is 2.73. The van der Waals surface area contributed by atoms with E-state index in [4.69, 9.17) is 9.47 Å². The molecule has 2 aromatic rings. The molecule has 0 aliphatic heterocycles. The Kier molecular flexibility index (Phi) is 5.58. The van der Waals surface area contributed by atoms with Crippen LogP contribution in [0.2, 0.25) is 0 Å². The van der Waals surface area contributed by atoms with Crippen molar-refractivity contribution in [3.05, 3.63) is 53.1 Å². The quantitative estimate of drug-likeness (QED) is 0.694. The fourth-order valence-corrected chi connectivity index (χ4v) is 2.14. The minimum atomic E-state index is -0.172. The predicted octanol–water partition coefficient (Wildman–Crippen LogP) is 2.87. The van der Waals surface area contributed by atoms with Crippen molar-refractivity contribution in [2.75, 3.05) is 19.5 Å². The number of anilines is 1. The van der Waals surface area contributed by atoms with Gasteiger partial charge in [-0.05, 0) is 18.2 Å². The van der Waals surface area contributed by atoms with E-state index in [1.165, 1.54) is 21.1 Å². The highest BCUT2D eigenvalue weighted by molar-refractivity contribution is 5.90. The van der Waals surface area contributed by atoms with Gasteiger partial charge in [-0.25, -0.2) is 0 Å². The molecule has 0 fully saturated rings. The average molecular weight is 323 g/mol. The van der Waals surface area contributed by atoms with Gasteiger partial charge in [-0.1, -0.05) is 24.0 Å². The van der Waals surface area contributed by atoms with Crippen LogP contribution in [0, 0.1) is 11.8 Å². The van der Waals surface area contributed by atoms with Gasteiger partial charge in [-0.2, -0.15) is 0 Å². The van der Waals surface area contributed by atoms with Crippen LogP contribution in [0.25, 0.3) is 0 Å². The van der Waals surface area contributed by atoms with Crippen molar-refractivity contribution in [3.8, 4) is 23.3 Å². The normalized spacial score (nSPS) is 9.46. The first-order chi connectivity index (χ1) is 11.6. The minimum absolute atomic E-state index is 0.172. The van der Waals surface area contributed by atoms with E-state index in [1.54, 1.807) is 24.3 Å². The highest BCUT2D eigenvalue weighted by Crippen LogP contribution is 2.27. The van der Waals surface area contributed by atoms with E-state index in [9.17, 15) is 9.59 Å². The summed E-state index contributed by atoms with van der Waals surface area (Å²) in [7, 11) is 3.00. The number of carbonyl (C=O) groups excluding carboxylic acids is 2. The summed E-state index contributed by atoms with van der Waals surface area (Å²) in [6, 6.07) is 10.4. The lowest BCUT2D eigenvalue weighted by atomic mass is 10.1. The molecule has 122 valence electrons. The van der Waals surface area contributed by atoms with Gasteiger partial charge in [0.1, 0.15) is 11.5 Å². The highest BCUT2D eigenvalue weighted by atomic mass is 16.5. The Morgan fingerprint density at radius 2 is 1.71 bits per heavy atom. The molecule has 2 rings (SSSR count). The molecular weight excluding hydrogens is 306 g/mol. The highest BCUT2D eigenvalue weighted by Gasteiger charge is 2.09. The van der Waals surface area contributed by atoms with Crippen LogP contribution < -0.4 is 14.8 Å². The van der Waals surface area contributed by atoms with Crippen LogP contribution in [0.1, 0.15) is 28.4 Å². The van der Waals surface area contributed by atoms with Crippen molar-refractivity contribution in [1.29, 1.82) is 0 Å². The Morgan fingerprint density at radius 1 is 1.04 bits per heavy atom. The van der Waals surface area contributed by atoms with Gasteiger partial charge in [-0.3, -0.25) is 9.59 Å². The molecule has 1 amide bonds. The van der Waals surface area contributed by atoms with Crippen molar-refractivity contribution in [2.24, 2.45) is 0 Å². The summed E-state index contributed by atoms with van der Waals surface area (Å²) < 4.78 is 10.5. The van der Waals surface area contributed by atoms with Crippen molar-refractivity contribution in [2.45, 2.75) is 6.92 Å². The van der Waals surface area contributed by atoms with Crippen molar-refractivity contribution < 1.29 is 19.1 Å². The van der Waals surface area contributed by atoms with Crippen molar-refractivity contribution in [3.63, 3.8) is 0 Å². The Labute approximate surface area is 140 Å². The molecule has 1 N–H and O–H groups in total. The van der Waals surface area contributed by atoms with Gasteiger partial charge >= 0.3 is 0 Å². The second kappa shape index (κ2) is 7.84. The average Bonchev–Trinajstić information content (AvgIpc) is 2.59. The van der Waals surface area contributed by atoms with Crippen LogP contribution in [-0.2, 0) is 4.79 Å². The molecule has 2 aromatic carbocycles. The number of ether oxygens (including phenoxy) is 2. The first-order valence-corrected chi connectivity index (χ1v) is 7.19. The van der Waals surface area contributed by atoms with Gasteiger partial charge in [0.05, 0.1) is 31.0 Å². The third-order valence-corrected chi connectivity index (χ3v) is 3.25. The van der Waals surface area contributed by atoms with E-state index in [2.05, 4.69) is 17.2 Å². The number of benzene rings is 2. The lowest BCUT2D eigenvalue weighted by Crippen LogP contribution is -2.06. The number of para-hydroxylation sites is 1. The van der Waals surface area contributed by atoms with Crippen LogP contribution in [0.4, 0.5) is 5.69 Å². The molecule has 0 atom stereocenters. The van der Waals surface area contributed by atoms with Gasteiger partial charge in [0.25, 0.3) is 0 Å². The van der Waals surface area contributed by atoms with E-state index in [1.807, 2.05) is 12.1 Å². The van der Waals surface area contributed by atoms with E-state index in [0.29, 0.717) is 40.2 Å². The monoisotopic (exact) mass is 323 g/mol. The molecule has 0 bridgehead atoms. The van der Waals surface area contributed by atoms with E-state index >= 15 is 0 Å². The topological polar surface area (TPSA) is 64.6 Å². The van der Waals surface area contributed by atoms with Gasteiger partial charge < -0.3 is 14.8 Å². The molecule has 5 nitrogen and oxygen atoms in total. The molecule has 0 unspecified atom stereocenters. The molecular formula is C19H17NO4.